The van der Waals surface area contributed by atoms with E-state index in [1.54, 1.807) is 0 Å². The number of aliphatic carboxylic acids is 1. The molecular weight excluding hydrogens is 208 g/mol. The predicted molar refractivity (Wildman–Crippen MR) is 49.8 cm³/mol. The lowest BCUT2D eigenvalue weighted by molar-refractivity contribution is -0.131. The number of carboxylic acid groups (broad SMARTS) is 1. The SMILES string of the molecule is O=C(O)/C=C/C(=O)N=C1NC(=O)CS1. The predicted octanol–water partition coefficient (Wildman–Crippen LogP) is -0.627. The molecule has 0 aromatic carbocycles. The van der Waals surface area contributed by atoms with Gasteiger partial charge in [0, 0.05) is 12.2 Å². The fourth-order valence-corrected chi connectivity index (χ4v) is 1.35. The molecule has 2 N–H and O–H groups in total. The number of carbonyl (C=O) groups is 3. The molecule has 0 aliphatic carbocycles. The van der Waals surface area contributed by atoms with Gasteiger partial charge < -0.3 is 10.4 Å². The van der Waals surface area contributed by atoms with E-state index in [4.69, 9.17) is 5.11 Å². The summed E-state index contributed by atoms with van der Waals surface area (Å²) in [6.45, 7) is 0. The molecule has 74 valence electrons. The van der Waals surface area contributed by atoms with Crippen LogP contribution < -0.4 is 5.32 Å². The Balaban J connectivity index is 2.55. The summed E-state index contributed by atoms with van der Waals surface area (Å²) in [6.07, 6.45) is 1.51. The number of aliphatic imine (C=N–C) groups is 1. The van der Waals surface area contributed by atoms with Gasteiger partial charge in [-0.2, -0.15) is 4.99 Å². The zero-order valence-corrected chi connectivity index (χ0v) is 7.71. The van der Waals surface area contributed by atoms with Crippen LogP contribution in [0.15, 0.2) is 17.1 Å². The molecule has 0 aromatic heterocycles. The van der Waals surface area contributed by atoms with Crippen molar-refractivity contribution in [1.82, 2.24) is 5.32 Å². The number of carbonyl (C=O) groups excluding carboxylic acids is 2. The molecule has 7 heteroatoms. The second-order valence-corrected chi connectivity index (χ2v) is 3.23. The van der Waals surface area contributed by atoms with Gasteiger partial charge in [-0.1, -0.05) is 11.8 Å². The first-order chi connectivity index (χ1) is 6.58. The van der Waals surface area contributed by atoms with Crippen LogP contribution in [0.4, 0.5) is 0 Å². The van der Waals surface area contributed by atoms with E-state index in [9.17, 15) is 14.4 Å². The van der Waals surface area contributed by atoms with E-state index in [0.29, 0.717) is 6.08 Å². The Morgan fingerprint density at radius 2 is 2.21 bits per heavy atom. The third-order valence-electron chi connectivity index (χ3n) is 1.17. The topological polar surface area (TPSA) is 95.8 Å². The number of nitrogens with zero attached hydrogens (tertiary/aromatic N) is 1. The van der Waals surface area contributed by atoms with Gasteiger partial charge in [-0.25, -0.2) is 4.79 Å². The average molecular weight is 214 g/mol. The highest BCUT2D eigenvalue weighted by Gasteiger charge is 2.16. The average Bonchev–Trinajstić information content (AvgIpc) is 2.48. The maximum absolute atomic E-state index is 10.9. The van der Waals surface area contributed by atoms with Crippen molar-refractivity contribution >= 4 is 34.7 Å². The first kappa shape index (κ1) is 10.5. The Hall–Kier alpha value is -1.63. The molecular formula is C7H6N2O4S. The summed E-state index contributed by atoms with van der Waals surface area (Å²) in [5.74, 6) is -1.92. The van der Waals surface area contributed by atoms with E-state index in [1.807, 2.05) is 0 Å². The van der Waals surface area contributed by atoms with Crippen molar-refractivity contribution in [1.29, 1.82) is 0 Å². The summed E-state index contributed by atoms with van der Waals surface area (Å²) in [6, 6.07) is 0. The summed E-state index contributed by atoms with van der Waals surface area (Å²) in [5.41, 5.74) is 0. The molecule has 1 saturated heterocycles. The number of nitrogens with one attached hydrogen (secondary N) is 1. The Morgan fingerprint density at radius 3 is 2.71 bits per heavy atom. The van der Waals surface area contributed by atoms with Crippen LogP contribution in [0.1, 0.15) is 0 Å². The highest BCUT2D eigenvalue weighted by molar-refractivity contribution is 8.15. The normalized spacial score (nSPS) is 18.9. The highest BCUT2D eigenvalue weighted by atomic mass is 32.2. The van der Waals surface area contributed by atoms with E-state index in [2.05, 4.69) is 10.3 Å². The Bertz CT molecular complexity index is 348. The standard InChI is InChI=1S/C7H6N2O4S/c10-4(1-2-6(12)13)8-7-9-5(11)3-14-7/h1-2H,3H2,(H,12,13)(H,8,9,10,11)/b2-1+. The van der Waals surface area contributed by atoms with Crippen molar-refractivity contribution in [3.8, 4) is 0 Å². The minimum atomic E-state index is -1.22. The van der Waals surface area contributed by atoms with Gasteiger partial charge in [-0.3, -0.25) is 9.59 Å². The largest absolute Gasteiger partial charge is 0.478 e. The zero-order valence-electron chi connectivity index (χ0n) is 6.89. The molecule has 0 bridgehead atoms. The van der Waals surface area contributed by atoms with Crippen molar-refractivity contribution in [2.24, 2.45) is 4.99 Å². The Labute approximate surface area is 83.1 Å². The lowest BCUT2D eigenvalue weighted by Gasteiger charge is -1.90. The molecule has 0 unspecified atom stereocenters. The van der Waals surface area contributed by atoms with Crippen molar-refractivity contribution in [3.05, 3.63) is 12.2 Å². The number of amides is 2. The maximum atomic E-state index is 10.9. The van der Waals surface area contributed by atoms with Crippen LogP contribution in [0.25, 0.3) is 0 Å². The molecule has 1 fully saturated rings. The minimum Gasteiger partial charge on any atom is -0.478 e. The first-order valence-corrected chi connectivity index (χ1v) is 4.53. The van der Waals surface area contributed by atoms with Crippen LogP contribution in [0, 0.1) is 0 Å². The lowest BCUT2D eigenvalue weighted by Crippen LogP contribution is -2.20. The molecule has 6 nitrogen and oxygen atoms in total. The van der Waals surface area contributed by atoms with Crippen molar-refractivity contribution in [2.75, 3.05) is 5.75 Å². The number of rotatable bonds is 2. The van der Waals surface area contributed by atoms with Crippen molar-refractivity contribution in [2.45, 2.75) is 0 Å². The Kier molecular flexibility index (Phi) is 3.41. The number of hydrogen-bond acceptors (Lipinski definition) is 4. The van der Waals surface area contributed by atoms with Gasteiger partial charge in [0.2, 0.25) is 5.91 Å². The summed E-state index contributed by atoms with van der Waals surface area (Å²) < 4.78 is 0. The van der Waals surface area contributed by atoms with E-state index < -0.39 is 11.9 Å². The van der Waals surface area contributed by atoms with Crippen LogP contribution in [0.5, 0.6) is 0 Å². The molecule has 1 aliphatic rings. The quantitative estimate of drug-likeness (QED) is 0.597. The van der Waals surface area contributed by atoms with Gasteiger partial charge >= 0.3 is 5.97 Å². The number of thioether (sulfide) groups is 1. The molecule has 1 rings (SSSR count). The molecule has 2 amide bonds. The third kappa shape index (κ3) is 3.40. The second-order valence-electron chi connectivity index (χ2n) is 2.26. The van der Waals surface area contributed by atoms with Gasteiger partial charge in [-0.05, 0) is 0 Å². The number of hydrogen-bond donors (Lipinski definition) is 2. The van der Waals surface area contributed by atoms with Crippen LogP contribution in [-0.2, 0) is 14.4 Å². The maximum Gasteiger partial charge on any atom is 0.328 e. The van der Waals surface area contributed by atoms with E-state index in [1.165, 1.54) is 0 Å². The van der Waals surface area contributed by atoms with E-state index in [0.717, 1.165) is 17.8 Å². The monoisotopic (exact) mass is 214 g/mol. The van der Waals surface area contributed by atoms with Gasteiger partial charge in [0.15, 0.2) is 5.17 Å². The van der Waals surface area contributed by atoms with E-state index in [-0.39, 0.29) is 16.8 Å². The summed E-state index contributed by atoms with van der Waals surface area (Å²) in [4.78, 5) is 35.1. The third-order valence-corrected chi connectivity index (χ3v) is 2.04. The van der Waals surface area contributed by atoms with Crippen LogP contribution in [-0.4, -0.2) is 33.8 Å². The molecule has 0 aromatic rings. The molecule has 1 heterocycles. The second kappa shape index (κ2) is 4.56. The summed E-state index contributed by atoms with van der Waals surface area (Å²) in [7, 11) is 0. The van der Waals surface area contributed by atoms with Crippen LogP contribution in [0.3, 0.4) is 0 Å². The van der Waals surface area contributed by atoms with Crippen LogP contribution in [0.2, 0.25) is 0 Å². The molecule has 14 heavy (non-hydrogen) atoms. The summed E-state index contributed by atoms with van der Waals surface area (Å²) in [5, 5.41) is 10.8. The zero-order chi connectivity index (χ0) is 10.6. The van der Waals surface area contributed by atoms with Gasteiger partial charge in [0.25, 0.3) is 5.91 Å². The van der Waals surface area contributed by atoms with Gasteiger partial charge in [0.05, 0.1) is 5.75 Å². The molecule has 0 radical (unpaired) electrons. The van der Waals surface area contributed by atoms with Crippen LogP contribution >= 0.6 is 11.8 Å². The Morgan fingerprint density at radius 1 is 1.50 bits per heavy atom. The van der Waals surface area contributed by atoms with Gasteiger partial charge in [0.1, 0.15) is 0 Å². The minimum absolute atomic E-state index is 0.204. The first-order valence-electron chi connectivity index (χ1n) is 3.54. The van der Waals surface area contributed by atoms with Crippen molar-refractivity contribution < 1.29 is 19.5 Å². The van der Waals surface area contributed by atoms with E-state index >= 15 is 0 Å². The van der Waals surface area contributed by atoms with Crippen molar-refractivity contribution in [3.63, 3.8) is 0 Å². The molecule has 0 spiro atoms. The number of carboxylic acids is 1. The molecule has 1 aliphatic heterocycles. The smallest absolute Gasteiger partial charge is 0.328 e. The highest BCUT2D eigenvalue weighted by Crippen LogP contribution is 2.08. The lowest BCUT2D eigenvalue weighted by atomic mass is 10.5. The van der Waals surface area contributed by atoms with Gasteiger partial charge in [-0.15, -0.1) is 0 Å². The molecule has 0 atom stereocenters. The number of amidine groups is 1. The summed E-state index contributed by atoms with van der Waals surface area (Å²) >= 11 is 1.10. The molecule has 0 saturated carbocycles. The fourth-order valence-electron chi connectivity index (χ4n) is 0.665. The fraction of sp³-hybridized carbons (Fsp3) is 0.143.